The molecule has 0 atom stereocenters. The minimum Gasteiger partial charge on any atom is -0.858 e. The zero-order valence-electron chi connectivity index (χ0n) is 19.3. The summed E-state index contributed by atoms with van der Waals surface area (Å²) in [7, 11) is 1.48. The molecule has 2 amide bonds. The fourth-order valence-electron chi connectivity index (χ4n) is 4.41. The molecule has 2 aromatic heterocycles. The number of benzene rings is 2. The van der Waals surface area contributed by atoms with E-state index in [9.17, 15) is 19.1 Å². The first-order chi connectivity index (χ1) is 16.8. The molecule has 3 heterocycles. The van der Waals surface area contributed by atoms with E-state index in [1.54, 1.807) is 42.7 Å². The number of pyridine rings is 1. The molecule has 0 bridgehead atoms. The van der Waals surface area contributed by atoms with Gasteiger partial charge in [-0.25, -0.2) is 9.29 Å². The van der Waals surface area contributed by atoms with Gasteiger partial charge in [-0.15, -0.1) is 0 Å². The Kier molecular flexibility index (Phi) is 5.28. The lowest BCUT2D eigenvalue weighted by Gasteiger charge is -2.15. The van der Waals surface area contributed by atoms with Gasteiger partial charge in [0.25, 0.3) is 11.6 Å². The Morgan fingerprint density at radius 3 is 2.20 bits per heavy atom. The lowest BCUT2D eigenvalue weighted by molar-refractivity contribution is -0.577. The molecular weight excluding hydrogens is 447 g/mol. The minimum absolute atomic E-state index is 0.00227. The molecule has 0 fully saturated rings. The van der Waals surface area contributed by atoms with Crippen LogP contribution in [-0.2, 0) is 16.6 Å². The van der Waals surface area contributed by atoms with Gasteiger partial charge in [0.2, 0.25) is 0 Å². The first-order valence-electron chi connectivity index (χ1n) is 10.9. The molecule has 0 aliphatic carbocycles. The molecule has 1 aliphatic rings. The van der Waals surface area contributed by atoms with Gasteiger partial charge in [-0.2, -0.15) is 9.67 Å². The zero-order chi connectivity index (χ0) is 24.9. The van der Waals surface area contributed by atoms with Crippen molar-refractivity contribution in [3.8, 4) is 17.1 Å². The summed E-state index contributed by atoms with van der Waals surface area (Å²) in [5.74, 6) is -2.77. The van der Waals surface area contributed by atoms with Crippen molar-refractivity contribution >= 4 is 28.8 Å². The van der Waals surface area contributed by atoms with Crippen LogP contribution in [0.15, 0.2) is 73.1 Å². The van der Waals surface area contributed by atoms with E-state index in [4.69, 9.17) is 0 Å². The number of amides is 2. The van der Waals surface area contributed by atoms with E-state index in [2.05, 4.69) is 5.10 Å². The number of halogens is 1. The lowest BCUT2D eigenvalue weighted by atomic mass is 10.00. The van der Waals surface area contributed by atoms with Crippen molar-refractivity contribution in [2.75, 3.05) is 4.90 Å². The standard InChI is InChI=1S/C27H21FN4O3/c1-16-13-17(2)15-31(14-16)24-22(26(34)32(27(24)35)20-12-8-7-11-19(20)28)21-23(29-30(3)25(21)33)18-9-5-4-6-10-18/h4-15H,1-3H3. The van der Waals surface area contributed by atoms with Gasteiger partial charge < -0.3 is 5.11 Å². The third-order valence-corrected chi connectivity index (χ3v) is 5.84. The Balaban J connectivity index is 1.84. The second-order valence-electron chi connectivity index (χ2n) is 8.44. The number of rotatable bonds is 4. The highest BCUT2D eigenvalue weighted by Gasteiger charge is 2.48. The van der Waals surface area contributed by atoms with Crippen molar-refractivity contribution in [2.24, 2.45) is 7.05 Å². The third kappa shape index (κ3) is 3.59. The maximum Gasteiger partial charge on any atom is 0.331 e. The van der Waals surface area contributed by atoms with Crippen molar-refractivity contribution in [1.82, 2.24) is 9.78 Å². The van der Waals surface area contributed by atoms with Crippen LogP contribution in [0.4, 0.5) is 10.1 Å². The Morgan fingerprint density at radius 1 is 0.914 bits per heavy atom. The number of hydrogen-bond donors (Lipinski definition) is 0. The van der Waals surface area contributed by atoms with Crippen LogP contribution in [0.1, 0.15) is 16.7 Å². The van der Waals surface area contributed by atoms with Gasteiger partial charge in [0.15, 0.2) is 12.4 Å². The topological polar surface area (TPSA) is 82.1 Å². The van der Waals surface area contributed by atoms with Crippen LogP contribution in [0.2, 0.25) is 0 Å². The molecule has 4 aromatic rings. The lowest BCUT2D eigenvalue weighted by Crippen LogP contribution is -2.40. The number of hydrogen-bond acceptors (Lipinski definition) is 4. The highest BCUT2D eigenvalue weighted by molar-refractivity contribution is 6.53. The molecule has 0 spiro atoms. The van der Waals surface area contributed by atoms with Crippen molar-refractivity contribution in [1.29, 1.82) is 0 Å². The summed E-state index contributed by atoms with van der Waals surface area (Å²) < 4.78 is 17.4. The predicted octanol–water partition coefficient (Wildman–Crippen LogP) is 3.15. The highest BCUT2D eigenvalue weighted by Crippen LogP contribution is 2.41. The largest absolute Gasteiger partial charge is 0.858 e. The molecule has 0 saturated heterocycles. The SMILES string of the molecule is Cc1cc(C)c[n+](C2=C(c3c(-c4ccccc4)nn(C)c3[O-])C(=O)N(c3ccccc3F)C2=O)c1. The predicted molar refractivity (Wildman–Crippen MR) is 126 cm³/mol. The molecule has 1 aliphatic heterocycles. The van der Waals surface area contributed by atoms with Gasteiger partial charge in [0.05, 0.1) is 11.4 Å². The monoisotopic (exact) mass is 468 g/mol. The molecule has 0 unspecified atom stereocenters. The maximum atomic E-state index is 14.8. The average molecular weight is 468 g/mol. The summed E-state index contributed by atoms with van der Waals surface area (Å²) in [6.45, 7) is 3.72. The van der Waals surface area contributed by atoms with Gasteiger partial charge in [0.1, 0.15) is 11.4 Å². The average Bonchev–Trinajstić information content (AvgIpc) is 3.26. The first kappa shape index (κ1) is 22.2. The van der Waals surface area contributed by atoms with Gasteiger partial charge in [-0.3, -0.25) is 14.3 Å². The summed E-state index contributed by atoms with van der Waals surface area (Å²) in [6.07, 6.45) is 3.39. The first-order valence-corrected chi connectivity index (χ1v) is 10.9. The number of anilines is 1. The molecular formula is C27H21FN4O3. The molecule has 174 valence electrons. The zero-order valence-corrected chi connectivity index (χ0v) is 19.3. The highest BCUT2D eigenvalue weighted by atomic mass is 19.1. The summed E-state index contributed by atoms with van der Waals surface area (Å²) in [6, 6.07) is 16.4. The molecule has 5 rings (SSSR count). The Morgan fingerprint density at radius 2 is 1.54 bits per heavy atom. The third-order valence-electron chi connectivity index (χ3n) is 5.84. The Labute approximate surface area is 201 Å². The van der Waals surface area contributed by atoms with Crippen molar-refractivity contribution in [3.63, 3.8) is 0 Å². The van der Waals surface area contributed by atoms with E-state index in [-0.39, 0.29) is 28.2 Å². The fourth-order valence-corrected chi connectivity index (χ4v) is 4.41. The van der Waals surface area contributed by atoms with Crippen LogP contribution in [0.5, 0.6) is 5.88 Å². The van der Waals surface area contributed by atoms with Crippen LogP contribution < -0.4 is 14.6 Å². The van der Waals surface area contributed by atoms with Crippen LogP contribution in [0.3, 0.4) is 0 Å². The van der Waals surface area contributed by atoms with Crippen LogP contribution in [0.25, 0.3) is 22.5 Å². The van der Waals surface area contributed by atoms with Crippen LogP contribution >= 0.6 is 0 Å². The molecule has 0 saturated carbocycles. The number of carbonyl (C=O) groups excluding carboxylic acids is 2. The van der Waals surface area contributed by atoms with Crippen molar-refractivity contribution in [2.45, 2.75) is 13.8 Å². The molecule has 8 heteroatoms. The van der Waals surface area contributed by atoms with Gasteiger partial charge in [-0.05, 0) is 37.9 Å². The molecule has 0 radical (unpaired) electrons. The second kappa shape index (κ2) is 8.32. The summed E-state index contributed by atoms with van der Waals surface area (Å²) in [5.41, 5.74) is 2.23. The number of imide groups is 1. The fraction of sp³-hybridized carbons (Fsp3) is 0.111. The number of para-hydroxylation sites is 1. The van der Waals surface area contributed by atoms with E-state index in [1.165, 1.54) is 29.8 Å². The minimum atomic E-state index is -0.788. The number of carbonyl (C=O) groups is 2. The molecule has 2 aromatic carbocycles. The number of aromatic nitrogens is 3. The Hall–Kier alpha value is -4.59. The maximum absolute atomic E-state index is 14.8. The molecule has 7 nitrogen and oxygen atoms in total. The van der Waals surface area contributed by atoms with E-state index in [1.807, 2.05) is 26.0 Å². The summed E-state index contributed by atoms with van der Waals surface area (Å²) in [5, 5.41) is 17.7. The van der Waals surface area contributed by atoms with E-state index in [0.717, 1.165) is 20.7 Å². The van der Waals surface area contributed by atoms with Gasteiger partial charge in [-0.1, -0.05) is 42.5 Å². The van der Waals surface area contributed by atoms with E-state index >= 15 is 0 Å². The van der Waals surface area contributed by atoms with E-state index < -0.39 is 23.5 Å². The van der Waals surface area contributed by atoms with Crippen LogP contribution in [0, 0.1) is 19.7 Å². The van der Waals surface area contributed by atoms with Gasteiger partial charge in [0, 0.05) is 29.3 Å². The molecule has 35 heavy (non-hydrogen) atoms. The summed E-state index contributed by atoms with van der Waals surface area (Å²) in [4.78, 5) is 28.4. The second-order valence-corrected chi connectivity index (χ2v) is 8.44. The van der Waals surface area contributed by atoms with Crippen LogP contribution in [-0.4, -0.2) is 21.6 Å². The number of nitrogens with zero attached hydrogens (tertiary/aromatic N) is 4. The van der Waals surface area contributed by atoms with Crippen molar-refractivity contribution in [3.05, 3.63) is 95.6 Å². The normalized spacial score (nSPS) is 13.8. The molecule has 0 N–H and O–H groups in total. The number of aryl methyl sites for hydroxylation is 3. The smallest absolute Gasteiger partial charge is 0.331 e. The van der Waals surface area contributed by atoms with E-state index in [0.29, 0.717) is 5.56 Å². The summed E-state index contributed by atoms with van der Waals surface area (Å²) >= 11 is 0. The quantitative estimate of drug-likeness (QED) is 0.340. The van der Waals surface area contributed by atoms with Crippen molar-refractivity contribution < 1.29 is 23.7 Å². The van der Waals surface area contributed by atoms with Gasteiger partial charge >= 0.3 is 5.91 Å². The Bertz CT molecular complexity index is 1520.